The predicted octanol–water partition coefficient (Wildman–Crippen LogP) is -0.370. The predicted molar refractivity (Wildman–Crippen MR) is 87.2 cm³/mol. The third kappa shape index (κ3) is 2.86. The maximum Gasteiger partial charge on any atom is 0.270 e. The number of nitrogens with one attached hydrogen (secondary N) is 3. The van der Waals surface area contributed by atoms with E-state index in [9.17, 15) is 14.4 Å². The van der Waals surface area contributed by atoms with Crippen molar-refractivity contribution in [3.05, 3.63) is 23.4 Å². The van der Waals surface area contributed by atoms with Gasteiger partial charge in [-0.15, -0.1) is 0 Å². The Morgan fingerprint density at radius 1 is 1.28 bits per heavy atom. The summed E-state index contributed by atoms with van der Waals surface area (Å²) in [7, 11) is 0. The van der Waals surface area contributed by atoms with Crippen LogP contribution in [-0.2, 0) is 15.0 Å². The molecule has 4 rings (SSSR count). The quantitative estimate of drug-likeness (QED) is 0.632. The summed E-state index contributed by atoms with van der Waals surface area (Å²) in [6.07, 6.45) is 2.49. The van der Waals surface area contributed by atoms with Crippen LogP contribution < -0.4 is 20.7 Å². The van der Waals surface area contributed by atoms with Crippen LogP contribution in [0.3, 0.4) is 0 Å². The van der Waals surface area contributed by atoms with Crippen molar-refractivity contribution in [1.29, 1.82) is 0 Å². The Bertz CT molecular complexity index is 742. The number of pyridine rings is 1. The molecule has 0 saturated carbocycles. The van der Waals surface area contributed by atoms with Gasteiger partial charge in [0.25, 0.3) is 5.91 Å². The number of carbonyl (C=O) groups is 3. The molecule has 2 saturated heterocycles. The molecule has 0 unspecified atom stereocenters. The molecule has 3 N–H and O–H groups in total. The first kappa shape index (κ1) is 16.0. The molecule has 3 amide bonds. The Kier molecular flexibility index (Phi) is 3.91. The molecule has 8 nitrogen and oxygen atoms in total. The van der Waals surface area contributed by atoms with E-state index in [2.05, 4.69) is 20.9 Å². The van der Waals surface area contributed by atoms with Gasteiger partial charge in [0.2, 0.25) is 17.7 Å². The molecule has 0 radical (unpaired) electrons. The Morgan fingerprint density at radius 2 is 2.08 bits per heavy atom. The molecule has 25 heavy (non-hydrogen) atoms. The molecule has 8 heteroatoms. The van der Waals surface area contributed by atoms with E-state index in [0.29, 0.717) is 18.9 Å². The van der Waals surface area contributed by atoms with Gasteiger partial charge in [0.1, 0.15) is 11.7 Å². The number of piperidine rings is 2. The number of amides is 3. The van der Waals surface area contributed by atoms with Gasteiger partial charge < -0.3 is 15.4 Å². The third-order valence-electron chi connectivity index (χ3n) is 5.25. The lowest BCUT2D eigenvalue weighted by atomic mass is 9.75. The normalized spacial score (nSPS) is 24.4. The summed E-state index contributed by atoms with van der Waals surface area (Å²) < 4.78 is 5.76. The van der Waals surface area contributed by atoms with E-state index in [-0.39, 0.29) is 23.4 Å². The summed E-state index contributed by atoms with van der Waals surface area (Å²) in [6, 6.07) is 2.88. The van der Waals surface area contributed by atoms with Crippen LogP contribution in [0.2, 0.25) is 0 Å². The van der Waals surface area contributed by atoms with Gasteiger partial charge in [-0.25, -0.2) is 4.98 Å². The SMILES string of the molecule is O=C1CC[C@H](NC(=O)c2ccc3c(n2)OCC32CCNCC2)C(=O)N1. The summed E-state index contributed by atoms with van der Waals surface area (Å²) >= 11 is 0. The number of rotatable bonds is 2. The van der Waals surface area contributed by atoms with Gasteiger partial charge in [-0.1, -0.05) is 6.07 Å². The lowest BCUT2D eigenvalue weighted by molar-refractivity contribution is -0.134. The Morgan fingerprint density at radius 3 is 2.84 bits per heavy atom. The molecular formula is C17H20N4O4. The van der Waals surface area contributed by atoms with Crippen LogP contribution in [0.5, 0.6) is 5.88 Å². The van der Waals surface area contributed by atoms with Crippen LogP contribution >= 0.6 is 0 Å². The average Bonchev–Trinajstić information content (AvgIpc) is 2.95. The minimum atomic E-state index is -0.711. The van der Waals surface area contributed by atoms with Gasteiger partial charge in [0.05, 0.1) is 6.61 Å². The molecule has 3 aliphatic rings. The van der Waals surface area contributed by atoms with Crippen molar-refractivity contribution in [3.63, 3.8) is 0 Å². The molecule has 1 atom stereocenters. The van der Waals surface area contributed by atoms with Crippen LogP contribution in [0.1, 0.15) is 41.7 Å². The largest absolute Gasteiger partial charge is 0.476 e. The number of aromatic nitrogens is 1. The summed E-state index contributed by atoms with van der Waals surface area (Å²) in [6.45, 7) is 2.48. The van der Waals surface area contributed by atoms with Crippen LogP contribution in [-0.4, -0.2) is 48.4 Å². The maximum atomic E-state index is 12.4. The smallest absolute Gasteiger partial charge is 0.270 e. The minimum Gasteiger partial charge on any atom is -0.476 e. The molecule has 4 heterocycles. The number of nitrogens with zero attached hydrogens (tertiary/aromatic N) is 1. The fourth-order valence-corrected chi connectivity index (χ4v) is 3.75. The molecule has 1 aromatic heterocycles. The van der Waals surface area contributed by atoms with Crippen LogP contribution in [0.4, 0.5) is 0 Å². The highest BCUT2D eigenvalue weighted by Crippen LogP contribution is 2.43. The molecule has 2 fully saturated rings. The van der Waals surface area contributed by atoms with Gasteiger partial charge in [-0.3, -0.25) is 19.7 Å². The Hall–Kier alpha value is -2.48. The van der Waals surface area contributed by atoms with E-state index in [1.807, 2.05) is 6.07 Å². The van der Waals surface area contributed by atoms with Crippen molar-refractivity contribution in [2.75, 3.05) is 19.7 Å². The highest BCUT2D eigenvalue weighted by molar-refractivity contribution is 6.03. The highest BCUT2D eigenvalue weighted by Gasteiger charge is 2.42. The fraction of sp³-hybridized carbons (Fsp3) is 0.529. The second-order valence-corrected chi connectivity index (χ2v) is 6.85. The van der Waals surface area contributed by atoms with Crippen molar-refractivity contribution < 1.29 is 19.1 Å². The van der Waals surface area contributed by atoms with E-state index in [4.69, 9.17) is 4.74 Å². The first-order valence-corrected chi connectivity index (χ1v) is 8.57. The van der Waals surface area contributed by atoms with Gasteiger partial charge in [-0.2, -0.15) is 0 Å². The first-order chi connectivity index (χ1) is 12.1. The van der Waals surface area contributed by atoms with E-state index < -0.39 is 17.9 Å². The Labute approximate surface area is 144 Å². The molecular weight excluding hydrogens is 324 g/mol. The minimum absolute atomic E-state index is 0.00773. The molecule has 0 aliphatic carbocycles. The number of hydrogen-bond acceptors (Lipinski definition) is 6. The number of imide groups is 1. The molecule has 132 valence electrons. The fourth-order valence-electron chi connectivity index (χ4n) is 3.75. The number of ether oxygens (including phenoxy) is 1. The lowest BCUT2D eigenvalue weighted by Crippen LogP contribution is -2.52. The topological polar surface area (TPSA) is 109 Å². The molecule has 1 spiro atoms. The molecule has 3 aliphatic heterocycles. The van der Waals surface area contributed by atoms with Crippen LogP contribution in [0.15, 0.2) is 12.1 Å². The van der Waals surface area contributed by atoms with Gasteiger partial charge in [-0.05, 0) is 38.4 Å². The zero-order valence-electron chi connectivity index (χ0n) is 13.8. The van der Waals surface area contributed by atoms with Crippen molar-refractivity contribution in [2.24, 2.45) is 0 Å². The number of hydrogen-bond donors (Lipinski definition) is 3. The van der Waals surface area contributed by atoms with Gasteiger partial charge in [0, 0.05) is 17.4 Å². The maximum absolute atomic E-state index is 12.4. The molecule has 1 aromatic rings. The number of fused-ring (bicyclic) bond motifs is 2. The standard InChI is InChI=1S/C17H20N4O4/c22-13-4-3-11(15(24)21-13)19-14(23)12-2-1-10-16(20-12)25-9-17(10)5-7-18-8-6-17/h1-2,11,18H,3-9H2,(H,19,23)(H,21,22,24)/t11-/m0/s1. The summed E-state index contributed by atoms with van der Waals surface area (Å²) in [5.41, 5.74) is 1.27. The van der Waals surface area contributed by atoms with Crippen molar-refractivity contribution in [2.45, 2.75) is 37.1 Å². The lowest BCUT2D eigenvalue weighted by Gasteiger charge is -2.32. The highest BCUT2D eigenvalue weighted by atomic mass is 16.5. The monoisotopic (exact) mass is 344 g/mol. The van der Waals surface area contributed by atoms with E-state index in [1.54, 1.807) is 6.07 Å². The molecule has 0 aromatic carbocycles. The second-order valence-electron chi connectivity index (χ2n) is 6.85. The van der Waals surface area contributed by atoms with Crippen molar-refractivity contribution >= 4 is 17.7 Å². The summed E-state index contributed by atoms with van der Waals surface area (Å²) in [5, 5.41) is 8.21. The van der Waals surface area contributed by atoms with Gasteiger partial charge in [0.15, 0.2) is 0 Å². The van der Waals surface area contributed by atoms with E-state index >= 15 is 0 Å². The Balaban J connectivity index is 1.50. The average molecular weight is 344 g/mol. The van der Waals surface area contributed by atoms with E-state index in [1.165, 1.54) is 0 Å². The van der Waals surface area contributed by atoms with Crippen LogP contribution in [0, 0.1) is 0 Å². The third-order valence-corrected chi connectivity index (χ3v) is 5.25. The summed E-state index contributed by atoms with van der Waals surface area (Å²) in [4.78, 5) is 39.7. The zero-order valence-corrected chi connectivity index (χ0v) is 13.8. The van der Waals surface area contributed by atoms with E-state index in [0.717, 1.165) is 31.5 Å². The summed E-state index contributed by atoms with van der Waals surface area (Å²) in [5.74, 6) is -0.715. The second kappa shape index (κ2) is 6.11. The van der Waals surface area contributed by atoms with Crippen molar-refractivity contribution in [1.82, 2.24) is 20.9 Å². The van der Waals surface area contributed by atoms with Gasteiger partial charge >= 0.3 is 0 Å². The number of carbonyl (C=O) groups excluding carboxylic acids is 3. The van der Waals surface area contributed by atoms with Crippen LogP contribution in [0.25, 0.3) is 0 Å². The zero-order chi connectivity index (χ0) is 17.4. The molecule has 0 bridgehead atoms. The van der Waals surface area contributed by atoms with Crippen molar-refractivity contribution in [3.8, 4) is 5.88 Å². The first-order valence-electron chi connectivity index (χ1n) is 8.57.